The second kappa shape index (κ2) is 16.2. The van der Waals surface area contributed by atoms with Gasteiger partial charge in [0.05, 0.1) is 22.4 Å². The highest BCUT2D eigenvalue weighted by Gasteiger charge is 2.21. The molecule has 306 valence electrons. The van der Waals surface area contributed by atoms with E-state index < -0.39 is 0 Å². The van der Waals surface area contributed by atoms with Crippen molar-refractivity contribution >= 4 is 77.5 Å². The van der Waals surface area contributed by atoms with Crippen molar-refractivity contribution in [2.75, 3.05) is 9.80 Å². The third-order valence-corrected chi connectivity index (χ3v) is 12.8. The van der Waals surface area contributed by atoms with Crippen LogP contribution in [0, 0.1) is 0 Å². The summed E-state index contributed by atoms with van der Waals surface area (Å²) in [6, 6.07) is 94.3. The molecule has 11 aromatic carbocycles. The van der Waals surface area contributed by atoms with E-state index in [0.29, 0.717) is 0 Å². The molecule has 0 amide bonds. The average molecular weight is 830 g/mol. The predicted octanol–water partition coefficient (Wildman–Crippen LogP) is 17.4. The summed E-state index contributed by atoms with van der Waals surface area (Å²) in [6.07, 6.45) is 0. The van der Waals surface area contributed by atoms with Gasteiger partial charge in [0.2, 0.25) is 0 Å². The molecule has 1 aromatic heterocycles. The summed E-state index contributed by atoms with van der Waals surface area (Å²) >= 11 is 0. The molecule has 0 fully saturated rings. The largest absolute Gasteiger partial charge is 0.310 e. The van der Waals surface area contributed by atoms with Crippen molar-refractivity contribution < 1.29 is 0 Å². The first-order valence-electron chi connectivity index (χ1n) is 22.3. The Balaban J connectivity index is 0.999. The lowest BCUT2D eigenvalue weighted by Crippen LogP contribution is -2.11. The van der Waals surface area contributed by atoms with Gasteiger partial charge in [0, 0.05) is 50.0 Å². The van der Waals surface area contributed by atoms with E-state index in [1.807, 2.05) is 0 Å². The van der Waals surface area contributed by atoms with Gasteiger partial charge in [0.1, 0.15) is 0 Å². The van der Waals surface area contributed by atoms with Crippen molar-refractivity contribution in [2.45, 2.75) is 0 Å². The average Bonchev–Trinajstić information content (AvgIpc) is 3.72. The van der Waals surface area contributed by atoms with Crippen LogP contribution in [0.4, 0.5) is 34.1 Å². The summed E-state index contributed by atoms with van der Waals surface area (Å²) in [5.74, 6) is 0. The van der Waals surface area contributed by atoms with Crippen LogP contribution < -0.4 is 9.80 Å². The van der Waals surface area contributed by atoms with Crippen LogP contribution in [0.5, 0.6) is 0 Å². The molecular formula is C62H43N3. The molecule has 3 nitrogen and oxygen atoms in total. The van der Waals surface area contributed by atoms with Gasteiger partial charge >= 0.3 is 0 Å². The fourth-order valence-electron chi connectivity index (χ4n) is 9.74. The van der Waals surface area contributed by atoms with Crippen LogP contribution in [0.15, 0.2) is 261 Å². The molecule has 0 bridgehead atoms. The van der Waals surface area contributed by atoms with Gasteiger partial charge in [-0.3, -0.25) is 0 Å². The maximum atomic E-state index is 2.43. The van der Waals surface area contributed by atoms with Crippen LogP contribution in [0.25, 0.3) is 71.3 Å². The Bertz CT molecular complexity index is 3630. The van der Waals surface area contributed by atoms with E-state index >= 15 is 0 Å². The number of nitrogens with zero attached hydrogens (tertiary/aromatic N) is 3. The minimum atomic E-state index is 1.09. The minimum absolute atomic E-state index is 1.09. The number of para-hydroxylation sites is 3. The van der Waals surface area contributed by atoms with Gasteiger partial charge in [-0.05, 0) is 118 Å². The van der Waals surface area contributed by atoms with Gasteiger partial charge < -0.3 is 14.4 Å². The van der Waals surface area contributed by atoms with E-state index in [2.05, 4.69) is 275 Å². The van der Waals surface area contributed by atoms with Gasteiger partial charge in [-0.15, -0.1) is 0 Å². The third-order valence-electron chi connectivity index (χ3n) is 12.8. The zero-order chi connectivity index (χ0) is 43.1. The molecule has 0 saturated carbocycles. The Labute approximate surface area is 378 Å². The Hall–Kier alpha value is -8.66. The topological polar surface area (TPSA) is 11.4 Å². The molecule has 0 saturated heterocycles. The van der Waals surface area contributed by atoms with Gasteiger partial charge in [-0.2, -0.15) is 0 Å². The van der Waals surface area contributed by atoms with E-state index in [0.717, 1.165) is 45.4 Å². The summed E-state index contributed by atoms with van der Waals surface area (Å²) < 4.78 is 2.38. The van der Waals surface area contributed by atoms with Crippen LogP contribution in [0.2, 0.25) is 0 Å². The van der Waals surface area contributed by atoms with E-state index in [9.17, 15) is 0 Å². The molecule has 0 unspecified atom stereocenters. The first kappa shape index (κ1) is 38.0. The molecule has 12 rings (SSSR count). The SMILES string of the molecule is c1ccc(-c2ccc(N(c3ccc4c(c3)c3ccccc3n4-c3ccccc3)c3ccc(-c4ccc(N(c5ccccc5)c5cccc6ccccc56)cc4)c4ccccc34)cc2)cc1. The first-order chi connectivity index (χ1) is 32.3. The summed E-state index contributed by atoms with van der Waals surface area (Å²) in [6.45, 7) is 0. The van der Waals surface area contributed by atoms with E-state index in [-0.39, 0.29) is 0 Å². The number of aromatic nitrogens is 1. The second-order valence-electron chi connectivity index (χ2n) is 16.5. The Morgan fingerprint density at radius 3 is 1.49 bits per heavy atom. The summed E-state index contributed by atoms with van der Waals surface area (Å²) in [5, 5.41) is 7.23. The van der Waals surface area contributed by atoms with Crippen LogP contribution in [-0.4, -0.2) is 4.57 Å². The van der Waals surface area contributed by atoms with E-state index in [1.165, 1.54) is 60.0 Å². The van der Waals surface area contributed by atoms with Crippen molar-refractivity contribution in [1.29, 1.82) is 0 Å². The second-order valence-corrected chi connectivity index (χ2v) is 16.5. The van der Waals surface area contributed by atoms with Crippen LogP contribution in [0.1, 0.15) is 0 Å². The lowest BCUT2D eigenvalue weighted by molar-refractivity contribution is 1.18. The Kier molecular flexibility index (Phi) is 9.50. The molecule has 0 spiro atoms. The van der Waals surface area contributed by atoms with Gasteiger partial charge in [-0.25, -0.2) is 0 Å². The maximum Gasteiger partial charge on any atom is 0.0542 e. The zero-order valence-electron chi connectivity index (χ0n) is 35.7. The lowest BCUT2D eigenvalue weighted by atomic mass is 9.95. The van der Waals surface area contributed by atoms with Crippen molar-refractivity contribution in [3.8, 4) is 27.9 Å². The highest BCUT2D eigenvalue weighted by Crippen LogP contribution is 2.45. The molecule has 12 aromatic rings. The fourth-order valence-corrected chi connectivity index (χ4v) is 9.74. The van der Waals surface area contributed by atoms with Crippen LogP contribution in [-0.2, 0) is 0 Å². The number of rotatable bonds is 9. The third kappa shape index (κ3) is 6.78. The molecule has 1 heterocycles. The van der Waals surface area contributed by atoms with Gasteiger partial charge in [0.15, 0.2) is 0 Å². The molecule has 0 aliphatic rings. The van der Waals surface area contributed by atoms with Crippen molar-refractivity contribution in [3.05, 3.63) is 261 Å². The van der Waals surface area contributed by atoms with Crippen molar-refractivity contribution in [2.24, 2.45) is 0 Å². The minimum Gasteiger partial charge on any atom is -0.310 e. The van der Waals surface area contributed by atoms with Crippen LogP contribution >= 0.6 is 0 Å². The zero-order valence-corrected chi connectivity index (χ0v) is 35.7. The summed E-state index contributed by atoms with van der Waals surface area (Å²) in [4.78, 5) is 4.79. The molecule has 65 heavy (non-hydrogen) atoms. The molecule has 0 aliphatic carbocycles. The summed E-state index contributed by atoms with van der Waals surface area (Å²) in [7, 11) is 0. The van der Waals surface area contributed by atoms with Crippen molar-refractivity contribution in [3.63, 3.8) is 0 Å². The Morgan fingerprint density at radius 2 is 0.754 bits per heavy atom. The number of hydrogen-bond donors (Lipinski definition) is 0. The highest BCUT2D eigenvalue weighted by molar-refractivity contribution is 6.12. The molecule has 0 radical (unpaired) electrons. The van der Waals surface area contributed by atoms with E-state index in [1.54, 1.807) is 0 Å². The van der Waals surface area contributed by atoms with Crippen molar-refractivity contribution in [1.82, 2.24) is 4.57 Å². The lowest BCUT2D eigenvalue weighted by Gasteiger charge is -2.28. The molecular weight excluding hydrogens is 787 g/mol. The normalized spacial score (nSPS) is 11.4. The van der Waals surface area contributed by atoms with E-state index in [4.69, 9.17) is 0 Å². The molecule has 0 N–H and O–H groups in total. The number of hydrogen-bond acceptors (Lipinski definition) is 2. The van der Waals surface area contributed by atoms with Gasteiger partial charge in [-0.1, -0.05) is 176 Å². The summed E-state index contributed by atoms with van der Waals surface area (Å²) in [5.41, 5.74) is 14.9. The maximum absolute atomic E-state index is 2.43. The van der Waals surface area contributed by atoms with Gasteiger partial charge in [0.25, 0.3) is 0 Å². The standard InChI is InChI=1S/C62H43N3/c1-4-17-44(18-5-1)45-31-35-51(36-32-45)64(52-39-41-62-58(43-52)57-28-14-15-29-60(57)65(62)49-23-8-3-9-24-49)61-42-40-53(55-26-12-13-27-56(55)61)47-33-37-50(38-34-47)63(48-21-6-2-7-22-48)59-30-16-20-46-19-10-11-25-54(46)59/h1-43H. The number of benzene rings is 11. The number of anilines is 6. The Morgan fingerprint density at radius 1 is 0.262 bits per heavy atom. The highest BCUT2D eigenvalue weighted by atomic mass is 15.1. The predicted molar refractivity (Wildman–Crippen MR) is 276 cm³/mol. The molecule has 0 aliphatic heterocycles. The fraction of sp³-hybridized carbons (Fsp3) is 0. The number of fused-ring (bicyclic) bond motifs is 5. The first-order valence-corrected chi connectivity index (χ1v) is 22.3. The molecule has 0 atom stereocenters. The monoisotopic (exact) mass is 829 g/mol. The quantitative estimate of drug-likeness (QED) is 0.144. The smallest absolute Gasteiger partial charge is 0.0542 e. The van der Waals surface area contributed by atoms with Crippen LogP contribution in [0.3, 0.4) is 0 Å². The molecule has 3 heteroatoms.